The van der Waals surface area contributed by atoms with Gasteiger partial charge in [0.2, 0.25) is 17.7 Å². The fraction of sp³-hybridized carbons (Fsp3) is 0.526. The maximum absolute atomic E-state index is 12.9. The molecule has 1 aromatic carbocycles. The van der Waals surface area contributed by atoms with Gasteiger partial charge in [0, 0.05) is 33.1 Å². The number of likely N-dealkylation sites (N-methyl/N-ethyl adjacent to an activating group) is 1. The lowest BCUT2D eigenvalue weighted by atomic mass is 9.98. The quantitative estimate of drug-likeness (QED) is 0.892. The maximum atomic E-state index is 12.9. The van der Waals surface area contributed by atoms with Crippen LogP contribution in [0.25, 0.3) is 0 Å². The summed E-state index contributed by atoms with van der Waals surface area (Å²) in [5, 5.41) is 2.65. The van der Waals surface area contributed by atoms with Gasteiger partial charge in [0.05, 0.1) is 5.92 Å². The smallest absolute Gasteiger partial charge is 0.242 e. The molecule has 2 unspecified atom stereocenters. The molecule has 2 aliphatic rings. The lowest BCUT2D eigenvalue weighted by molar-refractivity contribution is -0.145. The molecule has 25 heavy (non-hydrogen) atoms. The van der Waals surface area contributed by atoms with Crippen molar-refractivity contribution in [2.45, 2.75) is 38.3 Å². The average molecular weight is 343 g/mol. The van der Waals surface area contributed by atoms with Gasteiger partial charge in [-0.3, -0.25) is 14.4 Å². The number of carbonyl (C=O) groups excluding carboxylic acids is 3. The minimum Gasteiger partial charge on any atom is -0.357 e. The molecule has 1 N–H and O–H groups in total. The molecule has 0 aromatic heterocycles. The lowest BCUT2D eigenvalue weighted by Crippen LogP contribution is -2.53. The Labute approximate surface area is 148 Å². The summed E-state index contributed by atoms with van der Waals surface area (Å²) in [6, 6.07) is 9.39. The lowest BCUT2D eigenvalue weighted by Gasteiger charge is -2.36. The zero-order valence-corrected chi connectivity index (χ0v) is 14.6. The van der Waals surface area contributed by atoms with Crippen LogP contribution in [0, 0.1) is 5.92 Å². The van der Waals surface area contributed by atoms with E-state index in [1.807, 2.05) is 30.3 Å². The van der Waals surface area contributed by atoms with Crippen molar-refractivity contribution < 1.29 is 14.4 Å². The molecule has 0 bridgehead atoms. The molecule has 2 atom stereocenters. The van der Waals surface area contributed by atoms with Gasteiger partial charge >= 0.3 is 0 Å². The Morgan fingerprint density at radius 2 is 1.96 bits per heavy atom. The van der Waals surface area contributed by atoms with Gasteiger partial charge < -0.3 is 15.1 Å². The highest BCUT2D eigenvalue weighted by molar-refractivity contribution is 5.92. The van der Waals surface area contributed by atoms with Crippen molar-refractivity contribution in [1.29, 1.82) is 0 Å². The van der Waals surface area contributed by atoms with E-state index in [0.717, 1.165) is 18.4 Å². The third-order valence-corrected chi connectivity index (χ3v) is 5.11. The van der Waals surface area contributed by atoms with Crippen molar-refractivity contribution in [3.63, 3.8) is 0 Å². The molecule has 2 saturated heterocycles. The molecule has 134 valence electrons. The van der Waals surface area contributed by atoms with E-state index in [1.54, 1.807) is 16.8 Å². The van der Waals surface area contributed by atoms with E-state index in [4.69, 9.17) is 0 Å². The zero-order valence-electron chi connectivity index (χ0n) is 14.6. The Morgan fingerprint density at radius 1 is 1.20 bits per heavy atom. The van der Waals surface area contributed by atoms with Crippen LogP contribution in [0.3, 0.4) is 0 Å². The van der Waals surface area contributed by atoms with E-state index in [1.165, 1.54) is 0 Å². The number of hydrogen-bond acceptors (Lipinski definition) is 3. The Hall–Kier alpha value is -2.37. The summed E-state index contributed by atoms with van der Waals surface area (Å²) in [6.45, 7) is 1.56. The van der Waals surface area contributed by atoms with E-state index in [-0.39, 0.29) is 30.1 Å². The van der Waals surface area contributed by atoms with Gasteiger partial charge in [-0.15, -0.1) is 0 Å². The van der Waals surface area contributed by atoms with Crippen LogP contribution in [0.5, 0.6) is 0 Å². The first kappa shape index (κ1) is 17.5. The number of rotatable bonds is 4. The van der Waals surface area contributed by atoms with Crippen molar-refractivity contribution in [3.8, 4) is 0 Å². The highest BCUT2D eigenvalue weighted by Gasteiger charge is 2.40. The second-order valence-corrected chi connectivity index (χ2v) is 6.82. The summed E-state index contributed by atoms with van der Waals surface area (Å²) in [6.07, 6.45) is 2.79. The van der Waals surface area contributed by atoms with Gasteiger partial charge in [-0.05, 0) is 24.8 Å². The summed E-state index contributed by atoms with van der Waals surface area (Å²) < 4.78 is 0. The first-order valence-corrected chi connectivity index (χ1v) is 8.94. The highest BCUT2D eigenvalue weighted by atomic mass is 16.2. The number of carbonyl (C=O) groups is 3. The van der Waals surface area contributed by atoms with E-state index >= 15 is 0 Å². The molecular weight excluding hydrogens is 318 g/mol. The molecule has 2 aliphatic heterocycles. The zero-order chi connectivity index (χ0) is 17.8. The number of nitrogens with one attached hydrogen (secondary N) is 1. The topological polar surface area (TPSA) is 69.7 Å². The SMILES string of the molecule is CNC(=O)C1CCCCN1C(=O)C1CC(=O)N(Cc2ccccc2)C1. The number of hydrogen-bond donors (Lipinski definition) is 1. The molecule has 2 heterocycles. The van der Waals surface area contributed by atoms with E-state index in [0.29, 0.717) is 26.1 Å². The number of benzene rings is 1. The van der Waals surface area contributed by atoms with Crippen LogP contribution in [0.4, 0.5) is 0 Å². The van der Waals surface area contributed by atoms with Gasteiger partial charge in [-0.2, -0.15) is 0 Å². The minimum atomic E-state index is -0.399. The van der Waals surface area contributed by atoms with Crippen LogP contribution in [0.1, 0.15) is 31.2 Å². The van der Waals surface area contributed by atoms with Crippen LogP contribution < -0.4 is 5.32 Å². The number of amides is 3. The normalized spacial score (nSPS) is 23.6. The van der Waals surface area contributed by atoms with Crippen molar-refractivity contribution in [2.24, 2.45) is 5.92 Å². The molecule has 0 radical (unpaired) electrons. The van der Waals surface area contributed by atoms with Gasteiger partial charge in [0.25, 0.3) is 0 Å². The Balaban J connectivity index is 1.66. The molecular formula is C19H25N3O3. The molecule has 3 amide bonds. The molecule has 2 fully saturated rings. The first-order valence-electron chi connectivity index (χ1n) is 8.94. The van der Waals surface area contributed by atoms with Gasteiger partial charge in [-0.1, -0.05) is 30.3 Å². The predicted octanol–water partition coefficient (Wildman–Crippen LogP) is 1.16. The maximum Gasteiger partial charge on any atom is 0.242 e. The van der Waals surface area contributed by atoms with Crippen LogP contribution in [0.2, 0.25) is 0 Å². The third-order valence-electron chi connectivity index (χ3n) is 5.11. The average Bonchev–Trinajstić information content (AvgIpc) is 3.02. The van der Waals surface area contributed by atoms with Crippen molar-refractivity contribution in [2.75, 3.05) is 20.1 Å². The summed E-state index contributed by atoms with van der Waals surface area (Å²) >= 11 is 0. The summed E-state index contributed by atoms with van der Waals surface area (Å²) in [4.78, 5) is 40.8. The summed E-state index contributed by atoms with van der Waals surface area (Å²) in [5.41, 5.74) is 1.06. The second kappa shape index (κ2) is 7.68. The van der Waals surface area contributed by atoms with Crippen molar-refractivity contribution in [3.05, 3.63) is 35.9 Å². The largest absolute Gasteiger partial charge is 0.357 e. The fourth-order valence-corrected chi connectivity index (χ4v) is 3.76. The van der Waals surface area contributed by atoms with E-state index in [2.05, 4.69) is 5.32 Å². The van der Waals surface area contributed by atoms with Crippen LogP contribution >= 0.6 is 0 Å². The van der Waals surface area contributed by atoms with Crippen molar-refractivity contribution >= 4 is 17.7 Å². The fourth-order valence-electron chi connectivity index (χ4n) is 3.76. The standard InChI is InChI=1S/C19H25N3O3/c1-20-18(24)16-9-5-6-10-22(16)19(25)15-11-17(23)21(13-15)12-14-7-3-2-4-8-14/h2-4,7-8,15-16H,5-6,9-13H2,1H3,(H,20,24). The molecule has 3 rings (SSSR count). The molecule has 1 aromatic rings. The van der Waals surface area contributed by atoms with Gasteiger partial charge in [0.15, 0.2) is 0 Å². The van der Waals surface area contributed by atoms with Gasteiger partial charge in [-0.25, -0.2) is 0 Å². The number of piperidine rings is 1. The van der Waals surface area contributed by atoms with Gasteiger partial charge in [0.1, 0.15) is 6.04 Å². The van der Waals surface area contributed by atoms with Crippen LogP contribution in [-0.4, -0.2) is 53.7 Å². The third kappa shape index (κ3) is 3.83. The van der Waals surface area contributed by atoms with Crippen LogP contribution in [-0.2, 0) is 20.9 Å². The Morgan fingerprint density at radius 3 is 2.68 bits per heavy atom. The number of nitrogens with zero attached hydrogens (tertiary/aromatic N) is 2. The Bertz CT molecular complexity index is 647. The van der Waals surface area contributed by atoms with Crippen molar-refractivity contribution in [1.82, 2.24) is 15.1 Å². The molecule has 6 heteroatoms. The summed E-state index contributed by atoms with van der Waals surface area (Å²) in [5.74, 6) is -0.507. The van der Waals surface area contributed by atoms with E-state index < -0.39 is 6.04 Å². The minimum absolute atomic E-state index is 0.00991. The monoisotopic (exact) mass is 343 g/mol. The Kier molecular flexibility index (Phi) is 5.36. The molecule has 0 spiro atoms. The molecule has 0 aliphatic carbocycles. The first-order chi connectivity index (χ1) is 12.1. The molecule has 0 saturated carbocycles. The second-order valence-electron chi connectivity index (χ2n) is 6.82. The summed E-state index contributed by atoms with van der Waals surface area (Å²) in [7, 11) is 1.60. The number of likely N-dealkylation sites (tertiary alicyclic amines) is 2. The highest BCUT2D eigenvalue weighted by Crippen LogP contribution is 2.26. The molecule has 6 nitrogen and oxygen atoms in total. The van der Waals surface area contributed by atoms with E-state index in [9.17, 15) is 14.4 Å². The van der Waals surface area contributed by atoms with Crippen LogP contribution in [0.15, 0.2) is 30.3 Å². The predicted molar refractivity (Wildman–Crippen MR) is 93.4 cm³/mol.